The van der Waals surface area contributed by atoms with Crippen LogP contribution in [-0.2, 0) is 14.4 Å². The number of hydrogen-bond acceptors (Lipinski definition) is 6. The summed E-state index contributed by atoms with van der Waals surface area (Å²) < 4.78 is 13.2. The number of Topliss-reactive ketones (excluding diaryl/α,β-unsaturated/α-hetero) is 1. The van der Waals surface area contributed by atoms with Crippen LogP contribution in [0.3, 0.4) is 0 Å². The van der Waals surface area contributed by atoms with E-state index in [4.69, 9.17) is 11.6 Å². The molecule has 0 bridgehead atoms. The summed E-state index contributed by atoms with van der Waals surface area (Å²) in [4.78, 5) is 66.5. The number of anilines is 1. The van der Waals surface area contributed by atoms with E-state index < -0.39 is 41.3 Å². The van der Waals surface area contributed by atoms with Gasteiger partial charge in [-0.15, -0.1) is 0 Å². The van der Waals surface area contributed by atoms with E-state index in [0.29, 0.717) is 6.42 Å². The smallest absolute Gasteiger partial charge is 0.289 e. The monoisotopic (exact) mass is 503 g/mol. The summed E-state index contributed by atoms with van der Waals surface area (Å²) in [5.41, 5.74) is -0.0598. The second-order valence-electron chi connectivity index (χ2n) is 8.06. The first kappa shape index (κ1) is 25.8. The maximum atomic E-state index is 13.2. The number of ketones is 1. The number of hydrogen-bond donors (Lipinski definition) is 4. The Balaban J connectivity index is 1.84. The van der Waals surface area contributed by atoms with Crippen LogP contribution < -0.4 is 21.3 Å². The summed E-state index contributed by atoms with van der Waals surface area (Å²) >= 11 is 6.00. The summed E-state index contributed by atoms with van der Waals surface area (Å²) in [7, 11) is 1.27. The van der Waals surface area contributed by atoms with E-state index in [1.807, 2.05) is 0 Å². The Labute approximate surface area is 205 Å². The molecule has 1 aromatic heterocycles. The van der Waals surface area contributed by atoms with Gasteiger partial charge in [-0.1, -0.05) is 11.6 Å². The summed E-state index contributed by atoms with van der Waals surface area (Å²) in [5.74, 6) is -4.93. The molecule has 1 saturated heterocycles. The highest BCUT2D eigenvalue weighted by molar-refractivity contribution is 6.38. The Morgan fingerprint density at radius 2 is 1.89 bits per heavy atom. The molecule has 0 radical (unpaired) electrons. The highest BCUT2D eigenvalue weighted by Crippen LogP contribution is 2.23. The van der Waals surface area contributed by atoms with Crippen molar-refractivity contribution in [2.24, 2.45) is 5.92 Å². The average molecular weight is 504 g/mol. The molecule has 1 aliphatic heterocycles. The molecule has 2 aromatic rings. The zero-order valence-electron chi connectivity index (χ0n) is 18.9. The van der Waals surface area contributed by atoms with Crippen molar-refractivity contribution in [1.29, 1.82) is 0 Å². The van der Waals surface area contributed by atoms with Crippen LogP contribution in [0.1, 0.15) is 40.5 Å². The first-order valence-corrected chi connectivity index (χ1v) is 11.1. The van der Waals surface area contributed by atoms with Crippen molar-refractivity contribution in [3.05, 3.63) is 58.5 Å². The van der Waals surface area contributed by atoms with Crippen molar-refractivity contribution in [2.75, 3.05) is 12.4 Å². The Kier molecular flexibility index (Phi) is 8.13. The molecule has 10 nitrogen and oxygen atoms in total. The highest BCUT2D eigenvalue weighted by atomic mass is 35.5. The van der Waals surface area contributed by atoms with Gasteiger partial charge < -0.3 is 21.3 Å². The fourth-order valence-electron chi connectivity index (χ4n) is 3.68. The van der Waals surface area contributed by atoms with E-state index in [9.17, 15) is 28.4 Å². The van der Waals surface area contributed by atoms with Crippen molar-refractivity contribution in [2.45, 2.75) is 31.8 Å². The molecule has 4 N–H and O–H groups in total. The van der Waals surface area contributed by atoms with Crippen LogP contribution in [-0.4, -0.2) is 53.5 Å². The van der Waals surface area contributed by atoms with Crippen LogP contribution in [0.4, 0.5) is 10.2 Å². The third-order valence-electron chi connectivity index (χ3n) is 5.43. The van der Waals surface area contributed by atoms with Crippen LogP contribution in [0.25, 0.3) is 0 Å². The fraction of sp³-hybridized carbons (Fsp3) is 0.304. The number of nitrogens with zero attached hydrogens (tertiary/aromatic N) is 1. The molecule has 2 heterocycles. The number of carbonyl (C=O) groups is 5. The van der Waals surface area contributed by atoms with Gasteiger partial charge in [0.05, 0.1) is 16.6 Å². The summed E-state index contributed by atoms with van der Waals surface area (Å²) in [5, 5.41) is 9.95. The van der Waals surface area contributed by atoms with E-state index in [0.717, 1.165) is 12.1 Å². The molecule has 1 aromatic carbocycles. The number of pyridine rings is 1. The Morgan fingerprint density at radius 3 is 2.49 bits per heavy atom. The summed E-state index contributed by atoms with van der Waals surface area (Å²) in [6.45, 7) is 1.81. The van der Waals surface area contributed by atoms with Gasteiger partial charge in [-0.2, -0.15) is 0 Å². The number of benzene rings is 1. The first-order valence-electron chi connectivity index (χ1n) is 10.7. The zero-order chi connectivity index (χ0) is 25.7. The van der Waals surface area contributed by atoms with E-state index >= 15 is 0 Å². The number of aromatic nitrogens is 1. The van der Waals surface area contributed by atoms with Gasteiger partial charge in [0.1, 0.15) is 11.6 Å². The quantitative estimate of drug-likeness (QED) is 0.401. The van der Waals surface area contributed by atoms with Gasteiger partial charge >= 0.3 is 0 Å². The van der Waals surface area contributed by atoms with Gasteiger partial charge in [0.2, 0.25) is 11.7 Å². The number of carbonyl (C=O) groups excluding carboxylic acids is 5. The molecular formula is C23H23ClFN5O5. The lowest BCUT2D eigenvalue weighted by atomic mass is 9.94. The predicted octanol–water partition coefficient (Wildman–Crippen LogP) is 1.45. The topological polar surface area (TPSA) is 146 Å². The van der Waals surface area contributed by atoms with E-state index in [1.165, 1.54) is 31.4 Å². The molecule has 184 valence electrons. The minimum absolute atomic E-state index is 0.0769. The third-order valence-corrected chi connectivity index (χ3v) is 5.63. The van der Waals surface area contributed by atoms with Gasteiger partial charge in [-0.3, -0.25) is 24.0 Å². The van der Waals surface area contributed by atoms with Crippen molar-refractivity contribution in [3.63, 3.8) is 0 Å². The SMILES string of the molecule is CNC(=O)C(=O)C(C[C@@H]1C[C@@H](C)NC1=O)NC(=O)c1cc(Cl)cnc1NC(=O)c1ccc(F)cc1. The summed E-state index contributed by atoms with van der Waals surface area (Å²) in [6.07, 6.45) is 1.54. The summed E-state index contributed by atoms with van der Waals surface area (Å²) in [6, 6.07) is 4.53. The second-order valence-corrected chi connectivity index (χ2v) is 8.49. The molecule has 3 rings (SSSR count). The van der Waals surface area contributed by atoms with E-state index in [1.54, 1.807) is 6.92 Å². The molecular weight excluding hydrogens is 481 g/mol. The molecule has 0 saturated carbocycles. The van der Waals surface area contributed by atoms with Crippen LogP contribution >= 0.6 is 11.6 Å². The molecule has 12 heteroatoms. The number of amides is 4. The van der Waals surface area contributed by atoms with Crippen molar-refractivity contribution in [1.82, 2.24) is 20.9 Å². The number of likely N-dealkylation sites (N-methyl/N-ethyl adjacent to an activating group) is 1. The molecule has 0 aliphatic carbocycles. The Morgan fingerprint density at radius 1 is 1.20 bits per heavy atom. The van der Waals surface area contributed by atoms with Crippen molar-refractivity contribution >= 4 is 46.8 Å². The van der Waals surface area contributed by atoms with Crippen LogP contribution in [0.2, 0.25) is 5.02 Å². The van der Waals surface area contributed by atoms with Gasteiger partial charge in [0.25, 0.3) is 17.7 Å². The van der Waals surface area contributed by atoms with Gasteiger partial charge in [-0.25, -0.2) is 9.37 Å². The number of halogens is 2. The third kappa shape index (κ3) is 6.38. The average Bonchev–Trinajstić information content (AvgIpc) is 3.15. The Hall–Kier alpha value is -3.86. The minimum atomic E-state index is -1.32. The molecule has 1 unspecified atom stereocenters. The lowest BCUT2D eigenvalue weighted by molar-refractivity contribution is -0.139. The molecule has 0 spiro atoms. The van der Waals surface area contributed by atoms with Gasteiger partial charge in [0, 0.05) is 30.8 Å². The molecule has 35 heavy (non-hydrogen) atoms. The Bertz CT molecular complexity index is 1170. The molecule has 4 amide bonds. The van der Waals surface area contributed by atoms with Crippen LogP contribution in [0.5, 0.6) is 0 Å². The van der Waals surface area contributed by atoms with Crippen LogP contribution in [0, 0.1) is 11.7 Å². The maximum Gasteiger partial charge on any atom is 0.289 e. The van der Waals surface area contributed by atoms with Crippen LogP contribution in [0.15, 0.2) is 36.5 Å². The van der Waals surface area contributed by atoms with E-state index in [-0.39, 0.29) is 40.3 Å². The lowest BCUT2D eigenvalue weighted by Crippen LogP contribution is -2.48. The first-order chi connectivity index (χ1) is 16.6. The minimum Gasteiger partial charge on any atom is -0.353 e. The molecule has 1 aliphatic rings. The fourth-order valence-corrected chi connectivity index (χ4v) is 3.84. The second kappa shape index (κ2) is 11.0. The highest BCUT2D eigenvalue weighted by Gasteiger charge is 2.36. The largest absolute Gasteiger partial charge is 0.353 e. The van der Waals surface area contributed by atoms with Gasteiger partial charge in [0.15, 0.2) is 0 Å². The predicted molar refractivity (Wildman–Crippen MR) is 124 cm³/mol. The van der Waals surface area contributed by atoms with Gasteiger partial charge in [-0.05, 0) is 50.1 Å². The standard InChI is InChI=1S/C23H23ClFN5O5/c1-11-7-13(21(33)28-11)8-17(18(31)23(35)26-2)29-22(34)16-9-14(24)10-27-19(16)30-20(32)12-3-5-15(25)6-4-12/h3-6,9-11,13,17H,7-8H2,1-2H3,(H,26,35)(H,28,33)(H,29,34)(H,27,30,32)/t11-,13+,17?/m1/s1. The normalized spacial score (nSPS) is 17.8. The van der Waals surface area contributed by atoms with E-state index in [2.05, 4.69) is 26.3 Å². The van der Waals surface area contributed by atoms with Crippen molar-refractivity contribution in [3.8, 4) is 0 Å². The number of rotatable bonds is 8. The molecule has 1 fully saturated rings. The number of nitrogens with one attached hydrogen (secondary N) is 4. The zero-order valence-corrected chi connectivity index (χ0v) is 19.6. The molecule has 3 atom stereocenters. The maximum absolute atomic E-state index is 13.2. The van der Waals surface area contributed by atoms with Crippen molar-refractivity contribution < 1.29 is 28.4 Å². The lowest BCUT2D eigenvalue weighted by Gasteiger charge is -2.20.